The number of anilines is 1. The van der Waals surface area contributed by atoms with E-state index in [9.17, 15) is 5.11 Å². The molecule has 0 fully saturated rings. The van der Waals surface area contributed by atoms with Gasteiger partial charge in [-0.05, 0) is 42.0 Å². The van der Waals surface area contributed by atoms with Gasteiger partial charge in [-0.15, -0.1) is 0 Å². The van der Waals surface area contributed by atoms with Crippen LogP contribution >= 0.6 is 11.6 Å². The lowest BCUT2D eigenvalue weighted by atomic mass is 10.1. The van der Waals surface area contributed by atoms with E-state index < -0.39 is 6.10 Å². The van der Waals surface area contributed by atoms with E-state index in [4.69, 9.17) is 16.9 Å². The summed E-state index contributed by atoms with van der Waals surface area (Å²) in [6.45, 7) is 0.396. The van der Waals surface area contributed by atoms with Crippen LogP contribution in [-0.4, -0.2) is 11.7 Å². The highest BCUT2D eigenvalue weighted by Crippen LogP contribution is 2.17. The fourth-order valence-corrected chi connectivity index (χ4v) is 1.81. The molecular formula is C15H13ClN2O. The van der Waals surface area contributed by atoms with Crippen LogP contribution < -0.4 is 5.32 Å². The Balaban J connectivity index is 1.94. The van der Waals surface area contributed by atoms with Crippen LogP contribution in [0.15, 0.2) is 48.5 Å². The molecule has 0 aliphatic carbocycles. The average molecular weight is 273 g/mol. The third-order valence-corrected chi connectivity index (χ3v) is 3.02. The molecule has 1 atom stereocenters. The molecule has 1 unspecified atom stereocenters. The monoisotopic (exact) mass is 272 g/mol. The maximum atomic E-state index is 10.0. The molecule has 4 heteroatoms. The summed E-state index contributed by atoms with van der Waals surface area (Å²) in [4.78, 5) is 0. The Hall–Kier alpha value is -2.02. The van der Waals surface area contributed by atoms with Crippen molar-refractivity contribution in [3.63, 3.8) is 0 Å². The molecule has 0 spiro atoms. The number of nitrogens with zero attached hydrogens (tertiary/aromatic N) is 1. The van der Waals surface area contributed by atoms with Gasteiger partial charge in [-0.3, -0.25) is 0 Å². The zero-order valence-corrected chi connectivity index (χ0v) is 10.9. The van der Waals surface area contributed by atoms with E-state index in [-0.39, 0.29) is 0 Å². The minimum atomic E-state index is -0.604. The first-order valence-corrected chi connectivity index (χ1v) is 6.24. The fraction of sp³-hybridized carbons (Fsp3) is 0.133. The fourth-order valence-electron chi connectivity index (χ4n) is 1.68. The number of aliphatic hydroxyl groups is 1. The van der Waals surface area contributed by atoms with Gasteiger partial charge < -0.3 is 10.4 Å². The highest BCUT2D eigenvalue weighted by atomic mass is 35.5. The van der Waals surface area contributed by atoms with E-state index in [1.165, 1.54) is 0 Å². The van der Waals surface area contributed by atoms with Crippen molar-refractivity contribution in [2.75, 3.05) is 11.9 Å². The smallest absolute Gasteiger partial charge is 0.0991 e. The zero-order valence-electron chi connectivity index (χ0n) is 10.2. The Morgan fingerprint density at radius 2 is 1.74 bits per heavy atom. The Labute approximate surface area is 117 Å². The second-order valence-corrected chi connectivity index (χ2v) is 4.57. The second-order valence-electron chi connectivity index (χ2n) is 4.14. The molecule has 0 radical (unpaired) electrons. The van der Waals surface area contributed by atoms with Gasteiger partial charge >= 0.3 is 0 Å². The van der Waals surface area contributed by atoms with Crippen molar-refractivity contribution in [3.8, 4) is 6.07 Å². The quantitative estimate of drug-likeness (QED) is 0.897. The molecule has 2 aromatic rings. The van der Waals surface area contributed by atoms with Gasteiger partial charge in [-0.1, -0.05) is 23.7 Å². The SMILES string of the molecule is N#Cc1ccc(NCC(O)c2ccc(Cl)cc2)cc1. The molecule has 0 aliphatic heterocycles. The Morgan fingerprint density at radius 3 is 2.32 bits per heavy atom. The van der Waals surface area contributed by atoms with E-state index in [2.05, 4.69) is 11.4 Å². The molecule has 2 N–H and O–H groups in total. The predicted molar refractivity (Wildman–Crippen MR) is 76.1 cm³/mol. The van der Waals surface area contributed by atoms with E-state index in [0.717, 1.165) is 11.3 Å². The molecule has 96 valence electrons. The van der Waals surface area contributed by atoms with E-state index in [0.29, 0.717) is 17.1 Å². The lowest BCUT2D eigenvalue weighted by molar-refractivity contribution is 0.191. The molecule has 0 saturated heterocycles. The first-order chi connectivity index (χ1) is 9.19. The minimum Gasteiger partial charge on any atom is -0.387 e. The van der Waals surface area contributed by atoms with Crippen molar-refractivity contribution in [2.45, 2.75) is 6.10 Å². The van der Waals surface area contributed by atoms with E-state index >= 15 is 0 Å². The lowest BCUT2D eigenvalue weighted by Crippen LogP contribution is -2.11. The van der Waals surface area contributed by atoms with Crippen LogP contribution in [0.1, 0.15) is 17.2 Å². The third-order valence-electron chi connectivity index (χ3n) is 2.77. The molecule has 2 aromatic carbocycles. The molecule has 19 heavy (non-hydrogen) atoms. The minimum absolute atomic E-state index is 0.396. The first-order valence-electron chi connectivity index (χ1n) is 5.86. The lowest BCUT2D eigenvalue weighted by Gasteiger charge is -2.13. The van der Waals surface area contributed by atoms with Crippen molar-refractivity contribution in [1.29, 1.82) is 5.26 Å². The normalized spacial score (nSPS) is 11.6. The molecule has 0 aliphatic rings. The summed E-state index contributed by atoms with van der Waals surface area (Å²) in [7, 11) is 0. The van der Waals surface area contributed by atoms with Crippen LogP contribution in [0.25, 0.3) is 0 Å². The average Bonchev–Trinajstić information content (AvgIpc) is 2.46. The molecular weight excluding hydrogens is 260 g/mol. The highest BCUT2D eigenvalue weighted by Gasteiger charge is 2.06. The molecule has 3 nitrogen and oxygen atoms in total. The maximum Gasteiger partial charge on any atom is 0.0991 e. The molecule has 0 amide bonds. The van der Waals surface area contributed by atoms with Crippen molar-refractivity contribution >= 4 is 17.3 Å². The number of hydrogen-bond acceptors (Lipinski definition) is 3. The second kappa shape index (κ2) is 6.24. The number of benzene rings is 2. The highest BCUT2D eigenvalue weighted by molar-refractivity contribution is 6.30. The van der Waals surface area contributed by atoms with Crippen molar-refractivity contribution in [1.82, 2.24) is 0 Å². The molecule has 0 aromatic heterocycles. The van der Waals surface area contributed by atoms with Gasteiger partial charge in [0, 0.05) is 17.3 Å². The van der Waals surface area contributed by atoms with Gasteiger partial charge in [0.05, 0.1) is 17.7 Å². The summed E-state index contributed by atoms with van der Waals surface area (Å²) in [6, 6.07) is 16.3. The summed E-state index contributed by atoms with van der Waals surface area (Å²) in [5.41, 5.74) is 2.29. The van der Waals surface area contributed by atoms with Gasteiger partial charge in [0.15, 0.2) is 0 Å². The number of aliphatic hydroxyl groups excluding tert-OH is 1. The summed E-state index contributed by atoms with van der Waals surface area (Å²) >= 11 is 5.79. The van der Waals surface area contributed by atoms with Gasteiger partial charge in [0.2, 0.25) is 0 Å². The molecule has 0 heterocycles. The van der Waals surface area contributed by atoms with Gasteiger partial charge in [0.1, 0.15) is 0 Å². The van der Waals surface area contributed by atoms with Crippen LogP contribution in [0, 0.1) is 11.3 Å². The van der Waals surface area contributed by atoms with Gasteiger partial charge in [-0.2, -0.15) is 5.26 Å². The van der Waals surface area contributed by atoms with Crippen molar-refractivity contribution in [2.24, 2.45) is 0 Å². The van der Waals surface area contributed by atoms with Crippen LogP contribution in [0.5, 0.6) is 0 Å². The number of halogens is 1. The van der Waals surface area contributed by atoms with E-state index in [1.807, 2.05) is 12.1 Å². The van der Waals surface area contributed by atoms with E-state index in [1.54, 1.807) is 36.4 Å². The predicted octanol–water partition coefficient (Wildman–Crippen LogP) is 3.36. The number of rotatable bonds is 4. The molecule has 2 rings (SSSR count). The van der Waals surface area contributed by atoms with Gasteiger partial charge in [0.25, 0.3) is 0 Å². The van der Waals surface area contributed by atoms with Crippen LogP contribution in [-0.2, 0) is 0 Å². The molecule has 0 saturated carbocycles. The van der Waals surface area contributed by atoms with Crippen molar-refractivity contribution < 1.29 is 5.11 Å². The Bertz CT molecular complexity index is 573. The van der Waals surface area contributed by atoms with Gasteiger partial charge in [-0.25, -0.2) is 0 Å². The summed E-state index contributed by atoms with van der Waals surface area (Å²) in [6.07, 6.45) is -0.604. The summed E-state index contributed by atoms with van der Waals surface area (Å²) in [5.74, 6) is 0. The van der Waals surface area contributed by atoms with Crippen LogP contribution in [0.3, 0.4) is 0 Å². The molecule has 0 bridgehead atoms. The number of nitrogens with one attached hydrogen (secondary N) is 1. The summed E-state index contributed by atoms with van der Waals surface area (Å²) in [5, 5.41) is 22.5. The Morgan fingerprint density at radius 1 is 1.11 bits per heavy atom. The first kappa shape index (κ1) is 13.4. The number of hydrogen-bond donors (Lipinski definition) is 2. The van der Waals surface area contributed by atoms with Crippen molar-refractivity contribution in [3.05, 3.63) is 64.7 Å². The van der Waals surface area contributed by atoms with Crippen LogP contribution in [0.2, 0.25) is 5.02 Å². The summed E-state index contributed by atoms with van der Waals surface area (Å²) < 4.78 is 0. The standard InChI is InChI=1S/C15H13ClN2O/c16-13-5-3-12(4-6-13)15(19)10-18-14-7-1-11(9-17)2-8-14/h1-8,15,18-19H,10H2. The third kappa shape index (κ3) is 3.72. The maximum absolute atomic E-state index is 10.0. The zero-order chi connectivity index (χ0) is 13.7. The van der Waals surface area contributed by atoms with Crippen LogP contribution in [0.4, 0.5) is 5.69 Å². The largest absolute Gasteiger partial charge is 0.387 e. The number of nitriles is 1. The Kier molecular flexibility index (Phi) is 4.40. The topological polar surface area (TPSA) is 56.0 Å².